The Morgan fingerprint density at radius 2 is 1.81 bits per heavy atom. The van der Waals surface area contributed by atoms with E-state index in [9.17, 15) is 27.6 Å². The highest BCUT2D eigenvalue weighted by atomic mass is 19.4. The molecule has 1 aromatic heterocycles. The first-order chi connectivity index (χ1) is 15.2. The zero-order chi connectivity index (χ0) is 23.3. The van der Waals surface area contributed by atoms with Gasteiger partial charge in [0.2, 0.25) is 5.78 Å². The van der Waals surface area contributed by atoms with Crippen molar-refractivity contribution in [2.45, 2.75) is 19.5 Å². The lowest BCUT2D eigenvalue weighted by molar-refractivity contribution is -0.165. The molecular formula is C23H19F3N2O4. The van der Waals surface area contributed by atoms with Crippen LogP contribution < -0.4 is 5.32 Å². The van der Waals surface area contributed by atoms with E-state index in [-0.39, 0.29) is 11.3 Å². The van der Waals surface area contributed by atoms with Crippen molar-refractivity contribution in [1.82, 2.24) is 4.98 Å². The predicted octanol–water partition coefficient (Wildman–Crippen LogP) is 4.83. The number of alkyl halides is 3. The Balaban J connectivity index is 1.69. The largest absolute Gasteiger partial charge is 0.454 e. The second-order valence-corrected chi connectivity index (χ2v) is 6.78. The highest BCUT2D eigenvalue weighted by Crippen LogP contribution is 2.23. The lowest BCUT2D eigenvalue weighted by Gasteiger charge is -2.09. The van der Waals surface area contributed by atoms with E-state index in [2.05, 4.69) is 10.3 Å². The van der Waals surface area contributed by atoms with Crippen LogP contribution in [0.4, 0.5) is 18.9 Å². The van der Waals surface area contributed by atoms with Crippen molar-refractivity contribution in [2.24, 2.45) is 0 Å². The number of hydrogen-bond acceptors (Lipinski definition) is 5. The molecule has 1 heterocycles. The van der Waals surface area contributed by atoms with Gasteiger partial charge in [-0.3, -0.25) is 9.59 Å². The number of benzene rings is 2. The lowest BCUT2D eigenvalue weighted by Crippen LogP contribution is -2.20. The van der Waals surface area contributed by atoms with E-state index < -0.39 is 30.3 Å². The first kappa shape index (κ1) is 22.8. The number of anilines is 1. The van der Waals surface area contributed by atoms with Gasteiger partial charge in [-0.25, -0.2) is 4.79 Å². The lowest BCUT2D eigenvalue weighted by atomic mass is 10.1. The third-order valence-electron chi connectivity index (χ3n) is 4.72. The van der Waals surface area contributed by atoms with E-state index >= 15 is 0 Å². The maximum atomic E-state index is 12.6. The molecule has 6 nitrogen and oxygen atoms in total. The first-order valence-electron chi connectivity index (χ1n) is 9.65. The van der Waals surface area contributed by atoms with E-state index in [0.29, 0.717) is 11.6 Å². The van der Waals surface area contributed by atoms with Gasteiger partial charge < -0.3 is 15.0 Å². The van der Waals surface area contributed by atoms with E-state index in [1.54, 1.807) is 18.3 Å². The van der Waals surface area contributed by atoms with Gasteiger partial charge >= 0.3 is 12.1 Å². The summed E-state index contributed by atoms with van der Waals surface area (Å²) in [6, 6.07) is 11.5. The SMILES string of the molecule is CCc1cccc2c(C(=O)COC(=O)c3ccccc3N/C=C/C(=O)C(F)(F)F)c[nH]c12. The number of allylic oxidation sites excluding steroid dienone is 1. The number of esters is 1. The van der Waals surface area contributed by atoms with Gasteiger partial charge in [0.25, 0.3) is 5.78 Å². The standard InChI is InChI=1S/C23H19F3N2O4/c1-2-14-6-5-8-15-17(12-28-21(14)15)19(29)13-32-22(31)16-7-3-4-9-18(16)27-11-10-20(30)23(24,25)26/h3-12,27-28H,2,13H2,1H3/b11-10+. The molecule has 0 aliphatic rings. The van der Waals surface area contributed by atoms with Crippen LogP contribution in [0.25, 0.3) is 10.9 Å². The number of nitrogens with one attached hydrogen (secondary N) is 2. The Labute approximate surface area is 181 Å². The van der Waals surface area contributed by atoms with E-state index in [1.165, 1.54) is 18.2 Å². The van der Waals surface area contributed by atoms with Crippen molar-refractivity contribution >= 4 is 34.1 Å². The fourth-order valence-electron chi connectivity index (χ4n) is 3.12. The highest BCUT2D eigenvalue weighted by molar-refractivity contribution is 6.10. The number of aromatic amines is 1. The van der Waals surface area contributed by atoms with Crippen LogP contribution in [0.3, 0.4) is 0 Å². The number of H-pyrrole nitrogens is 1. The molecule has 0 unspecified atom stereocenters. The van der Waals surface area contributed by atoms with E-state index in [4.69, 9.17) is 4.74 Å². The number of ketones is 2. The van der Waals surface area contributed by atoms with Gasteiger partial charge in [-0.05, 0) is 24.1 Å². The summed E-state index contributed by atoms with van der Waals surface area (Å²) in [5.41, 5.74) is 2.41. The number of ether oxygens (including phenoxy) is 1. The zero-order valence-corrected chi connectivity index (χ0v) is 17.0. The van der Waals surface area contributed by atoms with Crippen molar-refractivity contribution < 1.29 is 32.3 Å². The molecule has 0 fully saturated rings. The van der Waals surface area contributed by atoms with Crippen LogP contribution >= 0.6 is 0 Å². The summed E-state index contributed by atoms with van der Waals surface area (Å²) in [7, 11) is 0. The number of Topliss-reactive ketones (excluding diaryl/α,β-unsaturated/α-hetero) is 1. The van der Waals surface area contributed by atoms with Gasteiger partial charge in [0.15, 0.2) is 6.61 Å². The van der Waals surface area contributed by atoms with E-state index in [1.807, 2.05) is 19.1 Å². The Morgan fingerprint density at radius 3 is 2.53 bits per heavy atom. The number of hydrogen-bond donors (Lipinski definition) is 2. The third-order valence-corrected chi connectivity index (χ3v) is 4.72. The van der Waals surface area contributed by atoms with Crippen molar-refractivity contribution in [2.75, 3.05) is 11.9 Å². The van der Waals surface area contributed by atoms with Gasteiger partial charge in [0.05, 0.1) is 11.3 Å². The van der Waals surface area contributed by atoms with Crippen LogP contribution in [0.15, 0.2) is 60.9 Å². The number of carbonyl (C=O) groups is 3. The minimum atomic E-state index is -4.99. The Hall–Kier alpha value is -3.88. The molecule has 0 atom stereocenters. The van der Waals surface area contributed by atoms with Crippen molar-refractivity contribution in [1.29, 1.82) is 0 Å². The average molecular weight is 444 g/mol. The molecule has 0 aliphatic heterocycles. The molecule has 3 aromatic rings. The number of para-hydroxylation sites is 2. The quantitative estimate of drug-likeness (QED) is 0.295. The Kier molecular flexibility index (Phi) is 6.77. The normalized spacial score (nSPS) is 11.6. The fraction of sp³-hybridized carbons (Fsp3) is 0.174. The molecule has 32 heavy (non-hydrogen) atoms. The zero-order valence-electron chi connectivity index (χ0n) is 17.0. The highest BCUT2D eigenvalue weighted by Gasteiger charge is 2.36. The molecule has 3 rings (SSSR count). The summed E-state index contributed by atoms with van der Waals surface area (Å²) in [4.78, 5) is 39.1. The molecule has 2 N–H and O–H groups in total. The topological polar surface area (TPSA) is 88.3 Å². The molecule has 0 bridgehead atoms. The Bertz CT molecular complexity index is 1200. The van der Waals surface area contributed by atoms with E-state index in [0.717, 1.165) is 29.1 Å². The van der Waals surface area contributed by atoms with Crippen LogP contribution in [-0.4, -0.2) is 35.3 Å². The fourth-order valence-corrected chi connectivity index (χ4v) is 3.12. The van der Waals surface area contributed by atoms with Crippen LogP contribution in [-0.2, 0) is 16.0 Å². The first-order valence-corrected chi connectivity index (χ1v) is 9.65. The second kappa shape index (κ2) is 9.51. The van der Waals surface area contributed by atoms with Crippen molar-refractivity contribution in [3.63, 3.8) is 0 Å². The summed E-state index contributed by atoms with van der Waals surface area (Å²) >= 11 is 0. The maximum Gasteiger partial charge on any atom is 0.454 e. The monoisotopic (exact) mass is 444 g/mol. The second-order valence-electron chi connectivity index (χ2n) is 6.78. The summed E-state index contributed by atoms with van der Waals surface area (Å²) in [5, 5.41) is 3.19. The predicted molar refractivity (Wildman–Crippen MR) is 113 cm³/mol. The molecule has 0 spiro atoms. The summed E-state index contributed by atoms with van der Waals surface area (Å²) in [5.74, 6) is -3.29. The minimum Gasteiger partial charge on any atom is -0.454 e. The maximum absolute atomic E-state index is 12.6. The molecule has 0 amide bonds. The smallest absolute Gasteiger partial charge is 0.454 e. The van der Waals surface area contributed by atoms with Gasteiger partial charge in [-0.1, -0.05) is 37.3 Å². The number of aromatic nitrogens is 1. The van der Waals surface area contributed by atoms with Gasteiger partial charge in [0, 0.05) is 34.9 Å². The molecule has 2 aromatic carbocycles. The molecule has 9 heteroatoms. The van der Waals surface area contributed by atoms with Crippen molar-refractivity contribution in [3.8, 4) is 0 Å². The molecule has 0 radical (unpaired) electrons. The van der Waals surface area contributed by atoms with Crippen LogP contribution in [0, 0.1) is 0 Å². The summed E-state index contributed by atoms with van der Waals surface area (Å²) in [6.45, 7) is 1.48. The number of halogens is 3. The van der Waals surface area contributed by atoms with Crippen LogP contribution in [0.1, 0.15) is 33.2 Å². The minimum absolute atomic E-state index is 0.00314. The Morgan fingerprint density at radius 1 is 1.06 bits per heavy atom. The molecular weight excluding hydrogens is 425 g/mol. The molecule has 166 valence electrons. The van der Waals surface area contributed by atoms with Gasteiger partial charge in [-0.2, -0.15) is 13.2 Å². The molecule has 0 saturated carbocycles. The number of fused-ring (bicyclic) bond motifs is 1. The molecule has 0 aliphatic carbocycles. The van der Waals surface area contributed by atoms with Gasteiger partial charge in [0.1, 0.15) is 0 Å². The van der Waals surface area contributed by atoms with Gasteiger partial charge in [-0.15, -0.1) is 0 Å². The summed E-state index contributed by atoms with van der Waals surface area (Å²) < 4.78 is 42.0. The third kappa shape index (κ3) is 5.05. The average Bonchev–Trinajstić information content (AvgIpc) is 3.21. The van der Waals surface area contributed by atoms with Crippen LogP contribution in [0.5, 0.6) is 0 Å². The number of aryl methyl sites for hydroxylation is 1. The summed E-state index contributed by atoms with van der Waals surface area (Å²) in [6.07, 6.45) is -1.54. The van der Waals surface area contributed by atoms with Crippen LogP contribution in [0.2, 0.25) is 0 Å². The van der Waals surface area contributed by atoms with Crippen molar-refractivity contribution in [3.05, 3.63) is 77.6 Å². The number of carbonyl (C=O) groups excluding carboxylic acids is 3. The number of rotatable bonds is 8. The molecule has 0 saturated heterocycles.